The van der Waals surface area contributed by atoms with Crippen LogP contribution in [-0.2, 0) is 12.8 Å². The van der Waals surface area contributed by atoms with Crippen molar-refractivity contribution in [3.05, 3.63) is 35.4 Å². The highest BCUT2D eigenvalue weighted by Gasteiger charge is 2.00. The highest BCUT2D eigenvalue weighted by molar-refractivity contribution is 5.22. The first-order valence-corrected chi connectivity index (χ1v) is 22.9. The lowest BCUT2D eigenvalue weighted by molar-refractivity contribution is 0.523. The second kappa shape index (κ2) is 39.0. The SMILES string of the molecule is CCCCCCCCCCCCCCCCCCCCCc1ccc(CCCCCCCCCCCCCCCCCCCCC)cc1. The molecule has 0 saturated carbocycles. The van der Waals surface area contributed by atoms with E-state index in [4.69, 9.17) is 0 Å². The van der Waals surface area contributed by atoms with Crippen LogP contribution in [0.1, 0.15) is 269 Å². The van der Waals surface area contributed by atoms with Crippen molar-refractivity contribution in [1.29, 1.82) is 0 Å². The molecule has 1 rings (SSSR count). The van der Waals surface area contributed by atoms with Crippen LogP contribution in [0.2, 0.25) is 0 Å². The topological polar surface area (TPSA) is 0 Å². The fourth-order valence-electron chi connectivity index (χ4n) is 7.69. The minimum absolute atomic E-state index is 1.28. The number of hydrogen-bond donors (Lipinski definition) is 0. The van der Waals surface area contributed by atoms with Gasteiger partial charge in [-0.05, 0) is 36.8 Å². The van der Waals surface area contributed by atoms with Gasteiger partial charge >= 0.3 is 0 Å². The van der Waals surface area contributed by atoms with Crippen LogP contribution in [0.4, 0.5) is 0 Å². The second-order valence-corrected chi connectivity index (χ2v) is 16.0. The lowest BCUT2D eigenvalue weighted by Gasteiger charge is -2.06. The summed E-state index contributed by atoms with van der Waals surface area (Å²) in [5.74, 6) is 0. The fraction of sp³-hybridized carbons (Fsp3) is 0.875. The third-order valence-corrected chi connectivity index (χ3v) is 11.2. The van der Waals surface area contributed by atoms with Gasteiger partial charge in [0.15, 0.2) is 0 Å². The maximum absolute atomic E-state index is 2.42. The van der Waals surface area contributed by atoms with E-state index in [-0.39, 0.29) is 0 Å². The van der Waals surface area contributed by atoms with E-state index in [1.54, 1.807) is 11.1 Å². The predicted molar refractivity (Wildman–Crippen MR) is 221 cm³/mol. The fourth-order valence-corrected chi connectivity index (χ4v) is 7.69. The minimum Gasteiger partial charge on any atom is -0.0654 e. The molecule has 0 aliphatic carbocycles. The van der Waals surface area contributed by atoms with Crippen molar-refractivity contribution in [3.63, 3.8) is 0 Å². The molecule has 0 amide bonds. The largest absolute Gasteiger partial charge is 0.0654 e. The number of aryl methyl sites for hydroxylation is 2. The molecule has 0 spiro atoms. The Hall–Kier alpha value is -0.780. The summed E-state index contributed by atoms with van der Waals surface area (Å²) in [5.41, 5.74) is 3.11. The van der Waals surface area contributed by atoms with Gasteiger partial charge in [0.2, 0.25) is 0 Å². The van der Waals surface area contributed by atoms with Gasteiger partial charge in [-0.2, -0.15) is 0 Å². The summed E-state index contributed by atoms with van der Waals surface area (Å²) in [4.78, 5) is 0. The molecule has 0 aliphatic rings. The maximum Gasteiger partial charge on any atom is -0.0279 e. The molecule has 0 radical (unpaired) electrons. The number of rotatable bonds is 40. The first-order valence-electron chi connectivity index (χ1n) is 22.9. The van der Waals surface area contributed by atoms with Gasteiger partial charge in [-0.3, -0.25) is 0 Å². The summed E-state index contributed by atoms with van der Waals surface area (Å²) in [6.45, 7) is 4.62. The molecule has 0 heteroatoms. The Morgan fingerprint density at radius 2 is 0.354 bits per heavy atom. The molecule has 0 nitrogen and oxygen atoms in total. The molecule has 0 fully saturated rings. The molecule has 0 saturated heterocycles. The van der Waals surface area contributed by atoms with E-state index in [1.165, 1.54) is 257 Å². The molecule has 282 valence electrons. The summed E-state index contributed by atoms with van der Waals surface area (Å²) < 4.78 is 0. The van der Waals surface area contributed by atoms with E-state index in [9.17, 15) is 0 Å². The molecule has 0 heterocycles. The highest BCUT2D eigenvalue weighted by Crippen LogP contribution is 2.18. The summed E-state index contributed by atoms with van der Waals surface area (Å²) in [5, 5.41) is 0. The third-order valence-electron chi connectivity index (χ3n) is 11.2. The first kappa shape index (κ1) is 45.2. The Morgan fingerprint density at radius 3 is 0.521 bits per heavy atom. The van der Waals surface area contributed by atoms with Crippen molar-refractivity contribution in [2.45, 2.75) is 271 Å². The van der Waals surface area contributed by atoms with Gasteiger partial charge in [0.25, 0.3) is 0 Å². The Balaban J connectivity index is 1.77. The minimum atomic E-state index is 1.28. The average Bonchev–Trinajstić information content (AvgIpc) is 3.11. The van der Waals surface area contributed by atoms with Crippen molar-refractivity contribution in [2.24, 2.45) is 0 Å². The van der Waals surface area contributed by atoms with E-state index < -0.39 is 0 Å². The van der Waals surface area contributed by atoms with Crippen molar-refractivity contribution in [1.82, 2.24) is 0 Å². The van der Waals surface area contributed by atoms with Gasteiger partial charge < -0.3 is 0 Å². The smallest absolute Gasteiger partial charge is 0.0279 e. The lowest BCUT2D eigenvalue weighted by atomic mass is 10.0. The van der Waals surface area contributed by atoms with Crippen LogP contribution in [0.15, 0.2) is 24.3 Å². The molecule has 0 bridgehead atoms. The summed E-state index contributed by atoms with van der Waals surface area (Å²) in [6, 6.07) is 9.67. The molecular formula is C48H90. The van der Waals surface area contributed by atoms with E-state index >= 15 is 0 Å². The van der Waals surface area contributed by atoms with Gasteiger partial charge in [0.05, 0.1) is 0 Å². The van der Waals surface area contributed by atoms with Crippen LogP contribution in [0.3, 0.4) is 0 Å². The normalized spacial score (nSPS) is 11.5. The first-order chi connectivity index (χ1) is 23.9. The molecule has 0 unspecified atom stereocenters. The van der Waals surface area contributed by atoms with Crippen molar-refractivity contribution in [3.8, 4) is 0 Å². The monoisotopic (exact) mass is 667 g/mol. The van der Waals surface area contributed by atoms with E-state index in [0.717, 1.165) is 0 Å². The maximum atomic E-state index is 2.42. The number of hydrogen-bond acceptors (Lipinski definition) is 0. The standard InChI is InChI=1S/C48H90/c1-3-5-7-9-11-13-15-17-19-21-23-25-27-29-31-33-35-37-39-41-47-43-45-48(46-44-47)42-40-38-36-34-32-30-28-26-24-22-20-18-16-14-12-10-8-6-4-2/h43-46H,3-42H2,1-2H3. The molecule has 0 atom stereocenters. The Bertz CT molecular complexity index is 640. The van der Waals surface area contributed by atoms with Gasteiger partial charge in [-0.25, -0.2) is 0 Å². The molecule has 48 heavy (non-hydrogen) atoms. The molecule has 1 aromatic carbocycles. The number of benzene rings is 1. The van der Waals surface area contributed by atoms with Gasteiger partial charge in [-0.1, -0.05) is 269 Å². The molecule has 0 N–H and O–H groups in total. The summed E-state index contributed by atoms with van der Waals surface area (Å²) >= 11 is 0. The molecule has 0 aromatic heterocycles. The van der Waals surface area contributed by atoms with Crippen molar-refractivity contribution in [2.75, 3.05) is 0 Å². The predicted octanol–water partition coefficient (Wildman–Crippen LogP) is 17.6. The zero-order valence-electron chi connectivity index (χ0n) is 33.6. The third kappa shape index (κ3) is 33.7. The Morgan fingerprint density at radius 1 is 0.208 bits per heavy atom. The van der Waals surface area contributed by atoms with Crippen LogP contribution in [0.5, 0.6) is 0 Å². The van der Waals surface area contributed by atoms with Crippen molar-refractivity contribution < 1.29 is 0 Å². The Labute approximate surface area is 305 Å². The van der Waals surface area contributed by atoms with Crippen LogP contribution in [0, 0.1) is 0 Å². The molecule has 0 aliphatic heterocycles. The van der Waals surface area contributed by atoms with E-state index in [1.807, 2.05) is 0 Å². The lowest BCUT2D eigenvalue weighted by Crippen LogP contribution is -1.90. The van der Waals surface area contributed by atoms with E-state index in [0.29, 0.717) is 0 Å². The van der Waals surface area contributed by atoms with Crippen LogP contribution >= 0.6 is 0 Å². The zero-order valence-corrected chi connectivity index (χ0v) is 33.6. The van der Waals surface area contributed by atoms with Gasteiger partial charge in [0.1, 0.15) is 0 Å². The average molecular weight is 667 g/mol. The van der Waals surface area contributed by atoms with Crippen LogP contribution < -0.4 is 0 Å². The Kier molecular flexibility index (Phi) is 36.8. The quantitative estimate of drug-likeness (QED) is 0.0612. The molecule has 1 aromatic rings. The zero-order chi connectivity index (χ0) is 34.3. The van der Waals surface area contributed by atoms with Gasteiger partial charge in [0, 0.05) is 0 Å². The highest BCUT2D eigenvalue weighted by atomic mass is 14.1. The van der Waals surface area contributed by atoms with Crippen LogP contribution in [-0.4, -0.2) is 0 Å². The van der Waals surface area contributed by atoms with Crippen molar-refractivity contribution >= 4 is 0 Å². The van der Waals surface area contributed by atoms with E-state index in [2.05, 4.69) is 38.1 Å². The number of unbranched alkanes of at least 4 members (excludes halogenated alkanes) is 36. The summed E-state index contributed by atoms with van der Waals surface area (Å²) in [7, 11) is 0. The second-order valence-electron chi connectivity index (χ2n) is 16.0. The summed E-state index contributed by atoms with van der Waals surface area (Å²) in [6.07, 6.45) is 57.9. The van der Waals surface area contributed by atoms with Gasteiger partial charge in [-0.15, -0.1) is 0 Å². The van der Waals surface area contributed by atoms with Crippen LogP contribution in [0.25, 0.3) is 0 Å². The molecular weight excluding hydrogens is 577 g/mol.